The van der Waals surface area contributed by atoms with Gasteiger partial charge in [0.25, 0.3) is 0 Å². The summed E-state index contributed by atoms with van der Waals surface area (Å²) in [6.45, 7) is 0.551. The van der Waals surface area contributed by atoms with Gasteiger partial charge in [-0.05, 0) is 19.4 Å². The number of hydrogen-bond donors (Lipinski definition) is 2. The van der Waals surface area contributed by atoms with Gasteiger partial charge in [-0.2, -0.15) is 0 Å². The second-order valence-corrected chi connectivity index (χ2v) is 4.08. The largest absolute Gasteiger partial charge is 0.320 e. The fourth-order valence-electron chi connectivity index (χ4n) is 1.83. The maximum absolute atomic E-state index is 13.3. The molecular formula is C11H9F5N2O. The van der Waals surface area contributed by atoms with Gasteiger partial charge in [0.15, 0.2) is 23.3 Å². The molecular weight excluding hydrogens is 271 g/mol. The first-order valence-corrected chi connectivity index (χ1v) is 5.49. The Kier molecular flexibility index (Phi) is 3.70. The lowest BCUT2D eigenvalue weighted by Crippen LogP contribution is -2.36. The van der Waals surface area contributed by atoms with E-state index < -0.39 is 46.7 Å². The molecule has 1 atom stereocenters. The van der Waals surface area contributed by atoms with E-state index in [1.807, 2.05) is 0 Å². The van der Waals surface area contributed by atoms with Crippen LogP contribution in [0.15, 0.2) is 0 Å². The zero-order valence-electron chi connectivity index (χ0n) is 9.50. The van der Waals surface area contributed by atoms with Crippen molar-refractivity contribution in [2.45, 2.75) is 18.9 Å². The molecule has 0 bridgehead atoms. The topological polar surface area (TPSA) is 41.1 Å². The van der Waals surface area contributed by atoms with Crippen LogP contribution in [-0.4, -0.2) is 18.5 Å². The number of rotatable bonds is 2. The van der Waals surface area contributed by atoms with Gasteiger partial charge in [-0.15, -0.1) is 0 Å². The minimum atomic E-state index is -2.26. The van der Waals surface area contributed by atoms with Crippen molar-refractivity contribution in [3.63, 3.8) is 0 Å². The maximum Gasteiger partial charge on any atom is 0.241 e. The molecule has 3 nitrogen and oxygen atoms in total. The molecule has 0 aliphatic carbocycles. The first kappa shape index (κ1) is 13.7. The van der Waals surface area contributed by atoms with Crippen LogP contribution in [0.4, 0.5) is 27.6 Å². The Balaban J connectivity index is 2.32. The average Bonchev–Trinajstić information content (AvgIpc) is 2.93. The molecule has 0 aromatic heterocycles. The van der Waals surface area contributed by atoms with Crippen molar-refractivity contribution in [3.05, 3.63) is 29.1 Å². The highest BCUT2D eigenvalue weighted by Gasteiger charge is 2.29. The van der Waals surface area contributed by atoms with Gasteiger partial charge in [0.1, 0.15) is 5.69 Å². The molecule has 1 fully saturated rings. The zero-order chi connectivity index (χ0) is 14.2. The molecule has 0 spiro atoms. The molecule has 2 rings (SSSR count). The monoisotopic (exact) mass is 280 g/mol. The number of halogens is 5. The van der Waals surface area contributed by atoms with E-state index in [-0.39, 0.29) is 0 Å². The first-order valence-electron chi connectivity index (χ1n) is 5.49. The second kappa shape index (κ2) is 5.12. The van der Waals surface area contributed by atoms with Gasteiger partial charge in [-0.3, -0.25) is 4.79 Å². The normalized spacial score (nSPS) is 18.7. The lowest BCUT2D eigenvalue weighted by atomic mass is 10.2. The van der Waals surface area contributed by atoms with Crippen LogP contribution in [-0.2, 0) is 4.79 Å². The Morgan fingerprint density at radius 1 is 1.00 bits per heavy atom. The van der Waals surface area contributed by atoms with Crippen LogP contribution >= 0.6 is 0 Å². The number of hydrogen-bond acceptors (Lipinski definition) is 2. The summed E-state index contributed by atoms with van der Waals surface area (Å²) in [4.78, 5) is 11.6. The van der Waals surface area contributed by atoms with Crippen LogP contribution in [0.5, 0.6) is 0 Å². The standard InChI is InChI=1S/C11H9F5N2O/c12-5-6(13)8(15)10(9(16)7(5)14)18-11(19)4-2-1-3-17-4/h4,17H,1-3H2,(H,18,19)/t4-/m1/s1. The van der Waals surface area contributed by atoms with E-state index in [2.05, 4.69) is 5.32 Å². The summed E-state index contributed by atoms with van der Waals surface area (Å²) in [5.74, 6) is -11.4. The van der Waals surface area contributed by atoms with E-state index >= 15 is 0 Å². The van der Waals surface area contributed by atoms with Gasteiger partial charge < -0.3 is 10.6 Å². The van der Waals surface area contributed by atoms with Crippen molar-refractivity contribution < 1.29 is 26.7 Å². The quantitative estimate of drug-likeness (QED) is 0.494. The molecule has 1 saturated heterocycles. The third kappa shape index (κ3) is 2.40. The number of anilines is 1. The third-order valence-corrected chi connectivity index (χ3v) is 2.83. The Labute approximate surface area is 104 Å². The third-order valence-electron chi connectivity index (χ3n) is 2.83. The van der Waals surface area contributed by atoms with Crippen molar-refractivity contribution in [2.24, 2.45) is 0 Å². The molecule has 1 aliphatic rings. The van der Waals surface area contributed by atoms with Crippen LogP contribution in [0, 0.1) is 29.1 Å². The number of nitrogens with one attached hydrogen (secondary N) is 2. The molecule has 1 aliphatic heterocycles. The summed E-state index contributed by atoms with van der Waals surface area (Å²) in [5.41, 5.74) is -1.32. The molecule has 19 heavy (non-hydrogen) atoms. The SMILES string of the molecule is O=C(Nc1c(F)c(F)c(F)c(F)c1F)[C@H]1CCCN1. The highest BCUT2D eigenvalue weighted by Crippen LogP contribution is 2.27. The molecule has 1 aromatic rings. The maximum atomic E-state index is 13.3. The molecule has 0 saturated carbocycles. The molecule has 1 heterocycles. The van der Waals surface area contributed by atoms with Crippen molar-refractivity contribution in [2.75, 3.05) is 11.9 Å². The first-order chi connectivity index (χ1) is 8.93. The van der Waals surface area contributed by atoms with E-state index in [1.54, 1.807) is 5.32 Å². The summed E-state index contributed by atoms with van der Waals surface area (Å²) >= 11 is 0. The van der Waals surface area contributed by atoms with Crippen molar-refractivity contribution >= 4 is 11.6 Å². The van der Waals surface area contributed by atoms with Gasteiger partial charge in [0.2, 0.25) is 11.7 Å². The molecule has 0 radical (unpaired) electrons. The zero-order valence-corrected chi connectivity index (χ0v) is 9.50. The summed E-state index contributed by atoms with van der Waals surface area (Å²) in [5, 5.41) is 4.47. The number of amides is 1. The highest BCUT2D eigenvalue weighted by atomic mass is 19.2. The summed E-state index contributed by atoms with van der Waals surface area (Å²) in [6.07, 6.45) is 1.12. The van der Waals surface area contributed by atoms with E-state index in [0.717, 1.165) is 0 Å². The molecule has 1 amide bonds. The lowest BCUT2D eigenvalue weighted by molar-refractivity contribution is -0.117. The fraction of sp³-hybridized carbons (Fsp3) is 0.364. The van der Waals surface area contributed by atoms with Gasteiger partial charge in [0, 0.05) is 0 Å². The second-order valence-electron chi connectivity index (χ2n) is 4.08. The molecule has 2 N–H and O–H groups in total. The fourth-order valence-corrected chi connectivity index (χ4v) is 1.83. The van der Waals surface area contributed by atoms with Gasteiger partial charge in [-0.1, -0.05) is 0 Å². The average molecular weight is 280 g/mol. The van der Waals surface area contributed by atoms with Gasteiger partial charge in [-0.25, -0.2) is 22.0 Å². The predicted octanol–water partition coefficient (Wildman–Crippen LogP) is 2.07. The molecule has 104 valence electrons. The summed E-state index contributed by atoms with van der Waals surface area (Å²) in [6, 6.07) is -0.699. The number of carbonyl (C=O) groups excluding carboxylic acids is 1. The molecule has 8 heteroatoms. The van der Waals surface area contributed by atoms with Crippen LogP contribution in [0.1, 0.15) is 12.8 Å². The van der Waals surface area contributed by atoms with Crippen molar-refractivity contribution in [1.29, 1.82) is 0 Å². The summed E-state index contributed by atoms with van der Waals surface area (Å²) in [7, 11) is 0. The minimum Gasteiger partial charge on any atom is -0.320 e. The van der Waals surface area contributed by atoms with Crippen molar-refractivity contribution in [3.8, 4) is 0 Å². The summed E-state index contributed by atoms with van der Waals surface area (Å²) < 4.78 is 65.2. The molecule has 0 unspecified atom stereocenters. The number of benzene rings is 1. The Hall–Kier alpha value is -1.70. The number of carbonyl (C=O) groups is 1. The van der Waals surface area contributed by atoms with Crippen molar-refractivity contribution in [1.82, 2.24) is 5.32 Å². The van der Waals surface area contributed by atoms with Gasteiger partial charge in [0.05, 0.1) is 6.04 Å². The van der Waals surface area contributed by atoms with E-state index in [9.17, 15) is 26.7 Å². The Bertz CT molecular complexity index is 499. The predicted molar refractivity (Wildman–Crippen MR) is 55.9 cm³/mol. The minimum absolute atomic E-state index is 0.432. The highest BCUT2D eigenvalue weighted by molar-refractivity contribution is 5.95. The van der Waals surface area contributed by atoms with Crippen LogP contribution in [0.2, 0.25) is 0 Å². The smallest absolute Gasteiger partial charge is 0.241 e. The van der Waals surface area contributed by atoms with E-state index in [1.165, 1.54) is 0 Å². The lowest BCUT2D eigenvalue weighted by Gasteiger charge is -2.13. The van der Waals surface area contributed by atoms with Crippen LogP contribution in [0.3, 0.4) is 0 Å². The molecule has 1 aromatic carbocycles. The van der Waals surface area contributed by atoms with E-state index in [4.69, 9.17) is 0 Å². The van der Waals surface area contributed by atoms with Crippen LogP contribution in [0.25, 0.3) is 0 Å². The van der Waals surface area contributed by atoms with Gasteiger partial charge >= 0.3 is 0 Å². The van der Waals surface area contributed by atoms with E-state index in [0.29, 0.717) is 19.4 Å². The Morgan fingerprint density at radius 3 is 2.00 bits per heavy atom. The van der Waals surface area contributed by atoms with Crippen LogP contribution < -0.4 is 10.6 Å². The Morgan fingerprint density at radius 2 is 1.53 bits per heavy atom.